The highest BCUT2D eigenvalue weighted by atomic mass is 32.2. The van der Waals surface area contributed by atoms with Gasteiger partial charge in [-0.1, -0.05) is 6.07 Å². The van der Waals surface area contributed by atoms with Gasteiger partial charge in [-0.05, 0) is 42.5 Å². The van der Waals surface area contributed by atoms with Crippen LogP contribution in [0.5, 0.6) is 0 Å². The third-order valence-electron chi connectivity index (χ3n) is 2.82. The molecule has 3 nitrogen and oxygen atoms in total. The quantitative estimate of drug-likeness (QED) is 0.683. The van der Waals surface area contributed by atoms with Crippen molar-refractivity contribution in [1.82, 2.24) is 15.0 Å². The summed E-state index contributed by atoms with van der Waals surface area (Å²) in [4.78, 5) is 13.0. The van der Waals surface area contributed by atoms with Gasteiger partial charge in [-0.25, -0.2) is 19.3 Å². The molecule has 0 aliphatic rings. The van der Waals surface area contributed by atoms with Crippen LogP contribution in [0.15, 0.2) is 66.0 Å². The molecule has 3 aromatic rings. The molecule has 0 atom stereocenters. The van der Waals surface area contributed by atoms with Gasteiger partial charge in [-0.15, -0.1) is 11.8 Å². The highest BCUT2D eigenvalue weighted by molar-refractivity contribution is 7.98. The number of benzene rings is 1. The lowest BCUT2D eigenvalue weighted by Gasteiger charge is -2.04. The van der Waals surface area contributed by atoms with E-state index in [0.29, 0.717) is 11.6 Å². The van der Waals surface area contributed by atoms with Gasteiger partial charge in [0.15, 0.2) is 5.82 Å². The first-order valence-corrected chi connectivity index (χ1v) is 7.41. The molecule has 0 spiro atoms. The van der Waals surface area contributed by atoms with Crippen LogP contribution in [0.1, 0.15) is 5.69 Å². The molecule has 0 fully saturated rings. The summed E-state index contributed by atoms with van der Waals surface area (Å²) in [6.07, 6.45) is 3.49. The maximum Gasteiger partial charge on any atom is 0.159 e. The summed E-state index contributed by atoms with van der Waals surface area (Å²) < 4.78 is 12.9. The van der Waals surface area contributed by atoms with Gasteiger partial charge in [0.2, 0.25) is 0 Å². The number of hydrogen-bond acceptors (Lipinski definition) is 4. The Bertz CT molecular complexity index is 717. The highest BCUT2D eigenvalue weighted by Crippen LogP contribution is 2.21. The van der Waals surface area contributed by atoms with E-state index >= 15 is 0 Å². The number of pyridine rings is 1. The Morgan fingerprint density at radius 2 is 1.76 bits per heavy atom. The van der Waals surface area contributed by atoms with Crippen molar-refractivity contribution in [2.24, 2.45) is 0 Å². The number of nitrogens with zero attached hydrogens (tertiary/aromatic N) is 3. The lowest BCUT2D eigenvalue weighted by atomic mass is 10.2. The van der Waals surface area contributed by atoms with Gasteiger partial charge in [0.1, 0.15) is 5.82 Å². The van der Waals surface area contributed by atoms with E-state index in [1.807, 2.05) is 24.3 Å². The minimum Gasteiger partial charge on any atom is -0.250 e. The molecule has 2 heterocycles. The average Bonchev–Trinajstić information content (AvgIpc) is 2.55. The van der Waals surface area contributed by atoms with Gasteiger partial charge >= 0.3 is 0 Å². The molecular formula is C16H12FN3S. The normalized spacial score (nSPS) is 10.5. The van der Waals surface area contributed by atoms with Crippen LogP contribution >= 0.6 is 11.8 Å². The lowest BCUT2D eigenvalue weighted by molar-refractivity contribution is 0.628. The standard InChI is InChI=1S/C16H12FN3S/c17-13-6-4-12(5-7-13)16-19-10-8-14(20-16)11-21-15-3-1-2-9-18-15/h1-10H,11H2. The predicted molar refractivity (Wildman–Crippen MR) is 81.2 cm³/mol. The van der Waals surface area contributed by atoms with E-state index in [4.69, 9.17) is 0 Å². The van der Waals surface area contributed by atoms with Crippen LogP contribution in [-0.2, 0) is 5.75 Å². The summed E-state index contributed by atoms with van der Waals surface area (Å²) in [5.74, 6) is 1.06. The number of halogens is 1. The molecule has 0 saturated carbocycles. The van der Waals surface area contributed by atoms with E-state index in [1.165, 1.54) is 12.1 Å². The molecule has 0 aliphatic carbocycles. The third kappa shape index (κ3) is 3.64. The van der Waals surface area contributed by atoms with Crippen molar-refractivity contribution in [3.8, 4) is 11.4 Å². The maximum absolute atomic E-state index is 12.9. The summed E-state index contributed by atoms with van der Waals surface area (Å²) in [6.45, 7) is 0. The van der Waals surface area contributed by atoms with Crippen LogP contribution in [0.2, 0.25) is 0 Å². The Hall–Kier alpha value is -2.27. The van der Waals surface area contributed by atoms with E-state index < -0.39 is 0 Å². The fourth-order valence-corrected chi connectivity index (χ4v) is 2.56. The summed E-state index contributed by atoms with van der Waals surface area (Å²) in [7, 11) is 0. The average molecular weight is 297 g/mol. The second-order valence-electron chi connectivity index (χ2n) is 4.34. The smallest absolute Gasteiger partial charge is 0.159 e. The van der Waals surface area contributed by atoms with Crippen molar-refractivity contribution in [2.75, 3.05) is 0 Å². The number of thioether (sulfide) groups is 1. The number of hydrogen-bond donors (Lipinski definition) is 0. The minimum absolute atomic E-state index is 0.263. The van der Waals surface area contributed by atoms with Crippen LogP contribution in [0.3, 0.4) is 0 Å². The fourth-order valence-electron chi connectivity index (χ4n) is 1.79. The molecule has 0 amide bonds. The summed E-state index contributed by atoms with van der Waals surface area (Å²) >= 11 is 1.62. The fraction of sp³-hybridized carbons (Fsp3) is 0.0625. The second kappa shape index (κ2) is 6.45. The summed E-state index contributed by atoms with van der Waals surface area (Å²) in [5.41, 5.74) is 1.72. The number of rotatable bonds is 4. The largest absolute Gasteiger partial charge is 0.250 e. The van der Waals surface area contributed by atoms with E-state index in [1.54, 1.807) is 36.3 Å². The Balaban J connectivity index is 1.75. The van der Waals surface area contributed by atoms with E-state index in [9.17, 15) is 4.39 Å². The second-order valence-corrected chi connectivity index (χ2v) is 5.33. The molecule has 104 valence electrons. The van der Waals surface area contributed by atoms with Gasteiger partial charge in [-0.2, -0.15) is 0 Å². The summed E-state index contributed by atoms with van der Waals surface area (Å²) in [6, 6.07) is 13.9. The Kier molecular flexibility index (Phi) is 4.21. The third-order valence-corrected chi connectivity index (χ3v) is 3.80. The predicted octanol–water partition coefficient (Wildman–Crippen LogP) is 3.97. The molecule has 2 aromatic heterocycles. The van der Waals surface area contributed by atoms with Crippen molar-refractivity contribution in [3.63, 3.8) is 0 Å². The Labute approximate surface area is 126 Å². The van der Waals surface area contributed by atoms with Crippen molar-refractivity contribution in [1.29, 1.82) is 0 Å². The first kappa shape index (κ1) is 13.7. The molecule has 21 heavy (non-hydrogen) atoms. The molecule has 0 saturated heterocycles. The number of aromatic nitrogens is 3. The van der Waals surface area contributed by atoms with Crippen molar-refractivity contribution < 1.29 is 4.39 Å². The molecule has 0 aliphatic heterocycles. The molecule has 0 N–H and O–H groups in total. The molecule has 0 unspecified atom stereocenters. The molecular weight excluding hydrogens is 285 g/mol. The van der Waals surface area contributed by atoms with Crippen LogP contribution in [0.25, 0.3) is 11.4 Å². The van der Waals surface area contributed by atoms with Crippen LogP contribution < -0.4 is 0 Å². The van der Waals surface area contributed by atoms with Gasteiger partial charge < -0.3 is 0 Å². The zero-order valence-electron chi connectivity index (χ0n) is 11.1. The van der Waals surface area contributed by atoms with E-state index in [2.05, 4.69) is 15.0 Å². The van der Waals surface area contributed by atoms with Crippen molar-refractivity contribution in [2.45, 2.75) is 10.8 Å². The zero-order valence-corrected chi connectivity index (χ0v) is 11.9. The van der Waals surface area contributed by atoms with Gasteiger partial charge in [0.25, 0.3) is 0 Å². The molecule has 5 heteroatoms. The first-order chi connectivity index (χ1) is 10.3. The highest BCUT2D eigenvalue weighted by Gasteiger charge is 2.04. The SMILES string of the molecule is Fc1ccc(-c2nccc(CSc3ccccn3)n2)cc1. The van der Waals surface area contributed by atoms with Gasteiger partial charge in [-0.3, -0.25) is 0 Å². The maximum atomic E-state index is 12.9. The van der Waals surface area contributed by atoms with E-state index in [-0.39, 0.29) is 5.82 Å². The first-order valence-electron chi connectivity index (χ1n) is 6.43. The van der Waals surface area contributed by atoms with Gasteiger partial charge in [0.05, 0.1) is 10.7 Å². The van der Waals surface area contributed by atoms with Gasteiger partial charge in [0, 0.05) is 23.7 Å². The minimum atomic E-state index is -0.263. The van der Waals surface area contributed by atoms with Crippen molar-refractivity contribution in [3.05, 3.63) is 72.4 Å². The Morgan fingerprint density at radius 3 is 2.52 bits per heavy atom. The van der Waals surface area contributed by atoms with Crippen molar-refractivity contribution >= 4 is 11.8 Å². The molecule has 1 aromatic carbocycles. The molecule has 3 rings (SSSR count). The molecule has 0 bridgehead atoms. The van der Waals surface area contributed by atoms with Crippen LogP contribution in [0.4, 0.5) is 4.39 Å². The molecule has 0 radical (unpaired) electrons. The topological polar surface area (TPSA) is 38.7 Å². The monoisotopic (exact) mass is 297 g/mol. The van der Waals surface area contributed by atoms with E-state index in [0.717, 1.165) is 16.3 Å². The summed E-state index contributed by atoms with van der Waals surface area (Å²) in [5, 5.41) is 0.958. The van der Waals surface area contributed by atoms with Crippen LogP contribution in [-0.4, -0.2) is 15.0 Å². The van der Waals surface area contributed by atoms with Crippen LogP contribution in [0, 0.1) is 5.82 Å². The lowest BCUT2D eigenvalue weighted by Crippen LogP contribution is -1.94. The zero-order chi connectivity index (χ0) is 14.5. The Morgan fingerprint density at radius 1 is 0.905 bits per heavy atom.